The average Bonchev–Trinajstić information content (AvgIpc) is 2.15. The minimum absolute atomic E-state index is 0.0183. The van der Waals surface area contributed by atoms with Crippen molar-refractivity contribution in [2.24, 2.45) is 0 Å². The van der Waals surface area contributed by atoms with Crippen LogP contribution in [0, 0.1) is 5.82 Å². The zero-order valence-corrected chi connectivity index (χ0v) is 9.73. The van der Waals surface area contributed by atoms with Gasteiger partial charge in [-0.25, -0.2) is 4.39 Å². The Balaban J connectivity index is 2.78. The second-order valence-electron chi connectivity index (χ2n) is 4.54. The number of benzene rings is 1. The fourth-order valence-electron chi connectivity index (χ4n) is 1.21. The summed E-state index contributed by atoms with van der Waals surface area (Å²) >= 11 is 0. The fraction of sp³-hybridized carbons (Fsp3) is 0.500. The summed E-state index contributed by atoms with van der Waals surface area (Å²) in [4.78, 5) is 0. The third-order valence-electron chi connectivity index (χ3n) is 2.07. The molecule has 0 saturated carbocycles. The van der Waals surface area contributed by atoms with E-state index in [1.54, 1.807) is 18.2 Å². The number of hydrogen-bond donors (Lipinski definition) is 1. The first kappa shape index (κ1) is 12.0. The summed E-state index contributed by atoms with van der Waals surface area (Å²) in [5.41, 5.74) is 0.611. The van der Waals surface area contributed by atoms with Crippen LogP contribution in [0.15, 0.2) is 18.2 Å². The zero-order chi connectivity index (χ0) is 11.5. The molecule has 1 N–H and O–H groups in total. The van der Waals surface area contributed by atoms with E-state index in [-0.39, 0.29) is 11.4 Å². The molecule has 0 amide bonds. The maximum Gasteiger partial charge on any atom is 0.169 e. The average molecular weight is 211 g/mol. The van der Waals surface area contributed by atoms with Gasteiger partial charge in [0.15, 0.2) is 11.6 Å². The van der Waals surface area contributed by atoms with Gasteiger partial charge in [-0.15, -0.1) is 0 Å². The van der Waals surface area contributed by atoms with Gasteiger partial charge in [-0.2, -0.15) is 0 Å². The Morgan fingerprint density at radius 2 is 2.00 bits per heavy atom. The smallest absolute Gasteiger partial charge is 0.169 e. The second-order valence-corrected chi connectivity index (χ2v) is 4.54. The van der Waals surface area contributed by atoms with E-state index in [0.29, 0.717) is 17.9 Å². The van der Waals surface area contributed by atoms with Gasteiger partial charge in [0.1, 0.15) is 0 Å². The number of hydrogen-bond acceptors (Lipinski definition) is 2. The van der Waals surface area contributed by atoms with Crippen LogP contribution in [0.1, 0.15) is 26.3 Å². The highest BCUT2D eigenvalue weighted by atomic mass is 19.1. The van der Waals surface area contributed by atoms with Crippen molar-refractivity contribution in [1.29, 1.82) is 0 Å². The highest BCUT2D eigenvalue weighted by Gasteiger charge is 2.12. The maximum atomic E-state index is 13.7. The van der Waals surface area contributed by atoms with E-state index in [9.17, 15) is 4.39 Å². The van der Waals surface area contributed by atoms with E-state index in [4.69, 9.17) is 4.74 Å². The van der Waals surface area contributed by atoms with Crippen LogP contribution in [0.3, 0.4) is 0 Å². The normalized spacial score (nSPS) is 11.5. The Hall–Kier alpha value is -1.09. The molecular weight excluding hydrogens is 193 g/mol. The van der Waals surface area contributed by atoms with Crippen molar-refractivity contribution in [3.8, 4) is 5.75 Å². The van der Waals surface area contributed by atoms with Crippen LogP contribution in [-0.4, -0.2) is 12.6 Å². The Morgan fingerprint density at radius 3 is 2.53 bits per heavy atom. The number of methoxy groups -OCH3 is 1. The predicted molar refractivity (Wildman–Crippen MR) is 59.5 cm³/mol. The van der Waals surface area contributed by atoms with Crippen molar-refractivity contribution in [2.45, 2.75) is 32.9 Å². The molecule has 0 aliphatic carbocycles. The SMILES string of the molecule is COc1cccc(CNC(C)(C)C)c1F. The Bertz CT molecular complexity index is 331. The van der Waals surface area contributed by atoms with Crippen LogP contribution in [0.4, 0.5) is 4.39 Å². The lowest BCUT2D eigenvalue weighted by atomic mass is 10.1. The molecule has 0 fully saturated rings. The molecule has 0 spiro atoms. The minimum Gasteiger partial charge on any atom is -0.494 e. The number of rotatable bonds is 3. The van der Waals surface area contributed by atoms with Crippen molar-refractivity contribution in [1.82, 2.24) is 5.32 Å². The summed E-state index contributed by atoms with van der Waals surface area (Å²) in [7, 11) is 1.47. The van der Waals surface area contributed by atoms with Gasteiger partial charge in [-0.3, -0.25) is 0 Å². The molecule has 3 heteroatoms. The molecule has 0 aromatic heterocycles. The van der Waals surface area contributed by atoms with Crippen LogP contribution < -0.4 is 10.1 Å². The van der Waals surface area contributed by atoms with E-state index in [1.165, 1.54) is 7.11 Å². The van der Waals surface area contributed by atoms with Crippen molar-refractivity contribution < 1.29 is 9.13 Å². The number of nitrogens with one attached hydrogen (secondary N) is 1. The van der Waals surface area contributed by atoms with E-state index in [0.717, 1.165) is 0 Å². The monoisotopic (exact) mass is 211 g/mol. The summed E-state index contributed by atoms with van der Waals surface area (Å²) in [5, 5.41) is 3.23. The van der Waals surface area contributed by atoms with E-state index in [2.05, 4.69) is 5.32 Å². The molecule has 0 aliphatic heterocycles. The van der Waals surface area contributed by atoms with Crippen LogP contribution in [-0.2, 0) is 6.54 Å². The van der Waals surface area contributed by atoms with Gasteiger partial charge in [-0.05, 0) is 26.8 Å². The Labute approximate surface area is 90.4 Å². The predicted octanol–water partition coefficient (Wildman–Crippen LogP) is 2.72. The molecule has 0 atom stereocenters. The highest BCUT2D eigenvalue weighted by Crippen LogP contribution is 2.20. The van der Waals surface area contributed by atoms with Crippen LogP contribution >= 0.6 is 0 Å². The second kappa shape index (κ2) is 4.62. The molecule has 1 rings (SSSR count). The molecule has 2 nitrogen and oxygen atoms in total. The summed E-state index contributed by atoms with van der Waals surface area (Å²) in [6, 6.07) is 5.17. The van der Waals surface area contributed by atoms with Gasteiger partial charge < -0.3 is 10.1 Å². The third-order valence-corrected chi connectivity index (χ3v) is 2.07. The molecule has 0 bridgehead atoms. The van der Waals surface area contributed by atoms with Gasteiger partial charge in [0.25, 0.3) is 0 Å². The highest BCUT2D eigenvalue weighted by molar-refractivity contribution is 5.30. The third kappa shape index (κ3) is 3.51. The maximum absolute atomic E-state index is 13.7. The zero-order valence-electron chi connectivity index (χ0n) is 9.73. The molecule has 0 aliphatic rings. The van der Waals surface area contributed by atoms with Crippen LogP contribution in [0.2, 0.25) is 0 Å². The molecule has 15 heavy (non-hydrogen) atoms. The molecule has 0 heterocycles. The first-order chi connectivity index (χ1) is 6.94. The summed E-state index contributed by atoms with van der Waals surface area (Å²) in [6.45, 7) is 6.65. The van der Waals surface area contributed by atoms with Crippen molar-refractivity contribution in [3.05, 3.63) is 29.6 Å². The van der Waals surface area contributed by atoms with Gasteiger partial charge in [-0.1, -0.05) is 12.1 Å². The molecule has 0 unspecified atom stereocenters. The molecule has 84 valence electrons. The van der Waals surface area contributed by atoms with Gasteiger partial charge in [0.05, 0.1) is 7.11 Å². The first-order valence-corrected chi connectivity index (χ1v) is 5.00. The Morgan fingerprint density at radius 1 is 1.33 bits per heavy atom. The fourth-order valence-corrected chi connectivity index (χ4v) is 1.21. The summed E-state index contributed by atoms with van der Waals surface area (Å²) < 4.78 is 18.6. The molecule has 0 radical (unpaired) electrons. The number of halogens is 1. The topological polar surface area (TPSA) is 21.3 Å². The Kier molecular flexibility index (Phi) is 3.69. The standard InChI is InChI=1S/C12H18FNO/c1-12(2,3)14-8-9-6-5-7-10(15-4)11(9)13/h5-7,14H,8H2,1-4H3. The largest absolute Gasteiger partial charge is 0.494 e. The van der Waals surface area contributed by atoms with Crippen LogP contribution in [0.5, 0.6) is 5.75 Å². The molecular formula is C12H18FNO. The van der Waals surface area contributed by atoms with E-state index in [1.807, 2.05) is 20.8 Å². The lowest BCUT2D eigenvalue weighted by molar-refractivity contribution is 0.377. The van der Waals surface area contributed by atoms with Crippen molar-refractivity contribution in [2.75, 3.05) is 7.11 Å². The quantitative estimate of drug-likeness (QED) is 0.830. The summed E-state index contributed by atoms with van der Waals surface area (Å²) in [6.07, 6.45) is 0. The van der Waals surface area contributed by atoms with Crippen molar-refractivity contribution >= 4 is 0 Å². The first-order valence-electron chi connectivity index (χ1n) is 5.00. The van der Waals surface area contributed by atoms with Crippen molar-refractivity contribution in [3.63, 3.8) is 0 Å². The van der Waals surface area contributed by atoms with Gasteiger partial charge >= 0.3 is 0 Å². The van der Waals surface area contributed by atoms with Crippen LogP contribution in [0.25, 0.3) is 0 Å². The molecule has 0 saturated heterocycles. The molecule has 1 aromatic carbocycles. The van der Waals surface area contributed by atoms with Gasteiger partial charge in [0, 0.05) is 17.6 Å². The van der Waals surface area contributed by atoms with E-state index < -0.39 is 0 Å². The summed E-state index contributed by atoms with van der Waals surface area (Å²) in [5.74, 6) is 0.0139. The molecule has 1 aromatic rings. The number of ether oxygens (including phenoxy) is 1. The lowest BCUT2D eigenvalue weighted by Crippen LogP contribution is -2.35. The minimum atomic E-state index is -0.281. The lowest BCUT2D eigenvalue weighted by Gasteiger charge is -2.21. The van der Waals surface area contributed by atoms with Gasteiger partial charge in [0.2, 0.25) is 0 Å². The van der Waals surface area contributed by atoms with E-state index >= 15 is 0 Å².